The quantitative estimate of drug-likeness (QED) is 0.463. The molecule has 152 valence electrons. The summed E-state index contributed by atoms with van der Waals surface area (Å²) >= 11 is 0. The van der Waals surface area contributed by atoms with Crippen LogP contribution in [-0.2, 0) is 6.54 Å². The standard InChI is InChI=1S/C23H24N6O/c1-16(5-3-10-24-2)17-6-9-21-20(13-17)22(28-27-21)23(30)26-18-7-8-19(25-14-18)15-29-11-4-12-29/h3,5-10,13-14H,2,4,11-12,15H2,1H3,(H,26,30)(H,27,28)/b10-3-,16-5+. The van der Waals surface area contributed by atoms with Crippen LogP contribution in [0.25, 0.3) is 16.5 Å². The molecular formula is C23H24N6O. The minimum atomic E-state index is -0.270. The minimum absolute atomic E-state index is 0.270. The number of hydrogen-bond donors (Lipinski definition) is 2. The highest BCUT2D eigenvalue weighted by atomic mass is 16.1. The molecule has 0 radical (unpaired) electrons. The third kappa shape index (κ3) is 4.36. The first-order valence-corrected chi connectivity index (χ1v) is 9.90. The van der Waals surface area contributed by atoms with Crippen LogP contribution in [-0.4, -0.2) is 45.8 Å². The van der Waals surface area contributed by atoms with Crippen molar-refractivity contribution in [2.45, 2.75) is 19.9 Å². The number of rotatable bonds is 7. The summed E-state index contributed by atoms with van der Waals surface area (Å²) < 4.78 is 0. The number of H-pyrrole nitrogens is 1. The van der Waals surface area contributed by atoms with E-state index in [1.807, 2.05) is 49.4 Å². The van der Waals surface area contributed by atoms with Crippen LogP contribution in [0, 0.1) is 0 Å². The van der Waals surface area contributed by atoms with Gasteiger partial charge in [0, 0.05) is 18.1 Å². The Morgan fingerprint density at radius 3 is 2.90 bits per heavy atom. The van der Waals surface area contributed by atoms with Gasteiger partial charge >= 0.3 is 0 Å². The second-order valence-electron chi connectivity index (χ2n) is 7.33. The van der Waals surface area contributed by atoms with Gasteiger partial charge in [-0.2, -0.15) is 5.10 Å². The van der Waals surface area contributed by atoms with Crippen molar-refractivity contribution >= 4 is 34.8 Å². The summed E-state index contributed by atoms with van der Waals surface area (Å²) in [4.78, 5) is 23.3. The smallest absolute Gasteiger partial charge is 0.276 e. The van der Waals surface area contributed by atoms with E-state index in [0.29, 0.717) is 11.4 Å². The van der Waals surface area contributed by atoms with E-state index >= 15 is 0 Å². The van der Waals surface area contributed by atoms with Crippen LogP contribution in [0.2, 0.25) is 0 Å². The van der Waals surface area contributed by atoms with Crippen LogP contribution in [0.15, 0.2) is 59.9 Å². The van der Waals surface area contributed by atoms with E-state index in [9.17, 15) is 4.79 Å². The topological polar surface area (TPSA) is 86.3 Å². The molecule has 1 aliphatic rings. The van der Waals surface area contributed by atoms with Gasteiger partial charge in [-0.05, 0) is 74.6 Å². The van der Waals surface area contributed by atoms with Crippen LogP contribution in [0.1, 0.15) is 35.1 Å². The lowest BCUT2D eigenvalue weighted by Crippen LogP contribution is -2.36. The lowest BCUT2D eigenvalue weighted by Gasteiger charge is -2.30. The van der Waals surface area contributed by atoms with Gasteiger partial charge in [0.25, 0.3) is 5.91 Å². The number of likely N-dealkylation sites (tertiary alicyclic amines) is 1. The first kappa shape index (κ1) is 19.7. The Labute approximate surface area is 175 Å². The molecule has 2 N–H and O–H groups in total. The Bertz CT molecular complexity index is 1120. The number of aromatic amines is 1. The monoisotopic (exact) mass is 400 g/mol. The number of fused-ring (bicyclic) bond motifs is 1. The van der Waals surface area contributed by atoms with Crippen LogP contribution in [0.3, 0.4) is 0 Å². The minimum Gasteiger partial charge on any atom is -0.319 e. The van der Waals surface area contributed by atoms with Gasteiger partial charge in [-0.3, -0.25) is 24.8 Å². The number of aliphatic imine (C=N–C) groups is 1. The molecule has 1 aliphatic heterocycles. The SMILES string of the molecule is C=N/C=C\C=C(/C)c1ccc2[nH]nc(C(=O)Nc3ccc(CN4CCC4)nc3)c2c1. The maximum absolute atomic E-state index is 12.8. The number of hydrogen-bond acceptors (Lipinski definition) is 5. The van der Waals surface area contributed by atoms with Crippen LogP contribution >= 0.6 is 0 Å². The van der Waals surface area contributed by atoms with Crippen molar-refractivity contribution in [2.24, 2.45) is 4.99 Å². The predicted molar refractivity (Wildman–Crippen MR) is 121 cm³/mol. The largest absolute Gasteiger partial charge is 0.319 e. The maximum atomic E-state index is 12.8. The molecule has 7 heteroatoms. The molecule has 1 saturated heterocycles. The number of carbonyl (C=O) groups is 1. The molecule has 0 spiro atoms. The number of anilines is 1. The highest BCUT2D eigenvalue weighted by molar-refractivity contribution is 6.11. The first-order chi connectivity index (χ1) is 14.6. The molecule has 0 aliphatic carbocycles. The Morgan fingerprint density at radius 2 is 2.20 bits per heavy atom. The van der Waals surface area contributed by atoms with E-state index in [0.717, 1.165) is 47.4 Å². The molecule has 0 bridgehead atoms. The maximum Gasteiger partial charge on any atom is 0.276 e. The van der Waals surface area contributed by atoms with Crippen molar-refractivity contribution in [2.75, 3.05) is 18.4 Å². The van der Waals surface area contributed by atoms with Crippen molar-refractivity contribution in [3.05, 3.63) is 71.8 Å². The summed E-state index contributed by atoms with van der Waals surface area (Å²) in [7, 11) is 0. The molecule has 0 unspecified atom stereocenters. The molecule has 1 amide bonds. The predicted octanol–water partition coefficient (Wildman–Crippen LogP) is 4.03. The molecule has 1 aromatic carbocycles. The highest BCUT2D eigenvalue weighted by Gasteiger charge is 2.16. The Morgan fingerprint density at radius 1 is 1.33 bits per heavy atom. The number of nitrogens with zero attached hydrogens (tertiary/aromatic N) is 4. The van der Waals surface area contributed by atoms with Crippen LogP contribution in [0.5, 0.6) is 0 Å². The molecule has 7 nitrogen and oxygen atoms in total. The van der Waals surface area contributed by atoms with Gasteiger partial charge in [0.2, 0.25) is 0 Å². The molecule has 3 heterocycles. The second-order valence-corrected chi connectivity index (χ2v) is 7.33. The van der Waals surface area contributed by atoms with Crippen LogP contribution < -0.4 is 5.32 Å². The third-order valence-electron chi connectivity index (χ3n) is 5.19. The van der Waals surface area contributed by atoms with Gasteiger partial charge in [-0.15, -0.1) is 0 Å². The summed E-state index contributed by atoms with van der Waals surface area (Å²) in [5.74, 6) is -0.270. The summed E-state index contributed by atoms with van der Waals surface area (Å²) in [6.45, 7) is 8.54. The van der Waals surface area contributed by atoms with E-state index in [2.05, 4.69) is 37.1 Å². The van der Waals surface area contributed by atoms with Crippen molar-refractivity contribution in [1.82, 2.24) is 20.1 Å². The third-order valence-corrected chi connectivity index (χ3v) is 5.19. The molecule has 1 fully saturated rings. The number of carbonyl (C=O) groups excluding carboxylic acids is 1. The lowest BCUT2D eigenvalue weighted by molar-refractivity contribution is 0.102. The zero-order chi connectivity index (χ0) is 20.9. The van der Waals surface area contributed by atoms with E-state index in [4.69, 9.17) is 0 Å². The van der Waals surface area contributed by atoms with E-state index in [1.165, 1.54) is 6.42 Å². The van der Waals surface area contributed by atoms with Gasteiger partial charge in [0.1, 0.15) is 0 Å². The number of aromatic nitrogens is 3. The molecule has 4 rings (SSSR count). The number of nitrogens with one attached hydrogen (secondary N) is 2. The Hall–Kier alpha value is -3.58. The fourth-order valence-electron chi connectivity index (χ4n) is 3.33. The van der Waals surface area contributed by atoms with Gasteiger partial charge in [-0.1, -0.05) is 12.1 Å². The average molecular weight is 400 g/mol. The number of pyridine rings is 1. The highest BCUT2D eigenvalue weighted by Crippen LogP contribution is 2.23. The van der Waals surface area contributed by atoms with Gasteiger partial charge in [0.15, 0.2) is 5.69 Å². The van der Waals surface area contributed by atoms with Crippen LogP contribution in [0.4, 0.5) is 5.69 Å². The summed E-state index contributed by atoms with van der Waals surface area (Å²) in [6, 6.07) is 9.71. The van der Waals surface area contributed by atoms with Gasteiger partial charge in [-0.25, -0.2) is 0 Å². The molecule has 0 saturated carbocycles. The number of benzene rings is 1. The Kier molecular flexibility index (Phi) is 5.81. The van der Waals surface area contributed by atoms with Crippen molar-refractivity contribution < 1.29 is 4.79 Å². The Balaban J connectivity index is 1.51. The lowest BCUT2D eigenvalue weighted by atomic mass is 10.0. The van der Waals surface area contributed by atoms with Gasteiger partial charge < -0.3 is 5.32 Å². The molecular weight excluding hydrogens is 376 g/mol. The molecule has 0 atom stereocenters. The van der Waals surface area contributed by atoms with Gasteiger partial charge in [0.05, 0.1) is 23.1 Å². The van der Waals surface area contributed by atoms with E-state index in [1.54, 1.807) is 12.4 Å². The van der Waals surface area contributed by atoms with Crippen molar-refractivity contribution in [3.63, 3.8) is 0 Å². The number of allylic oxidation sites excluding steroid dienone is 3. The zero-order valence-electron chi connectivity index (χ0n) is 16.9. The second kappa shape index (κ2) is 8.84. The molecule has 30 heavy (non-hydrogen) atoms. The zero-order valence-corrected chi connectivity index (χ0v) is 16.9. The van der Waals surface area contributed by atoms with E-state index in [-0.39, 0.29) is 5.91 Å². The molecule has 2 aromatic heterocycles. The van der Waals surface area contributed by atoms with Crippen molar-refractivity contribution in [1.29, 1.82) is 0 Å². The normalized spacial score (nSPS) is 14.8. The fourth-order valence-corrected chi connectivity index (χ4v) is 3.33. The average Bonchev–Trinajstić information content (AvgIpc) is 3.15. The first-order valence-electron chi connectivity index (χ1n) is 9.90. The summed E-state index contributed by atoms with van der Waals surface area (Å²) in [6.07, 6.45) is 8.35. The fraction of sp³-hybridized carbons (Fsp3) is 0.217. The molecule has 3 aromatic rings. The number of amides is 1. The van der Waals surface area contributed by atoms with E-state index < -0.39 is 0 Å². The summed E-state index contributed by atoms with van der Waals surface area (Å²) in [5.41, 5.74) is 4.87. The summed E-state index contributed by atoms with van der Waals surface area (Å²) in [5, 5.41) is 10.8. The van der Waals surface area contributed by atoms with Crippen molar-refractivity contribution in [3.8, 4) is 0 Å².